The van der Waals surface area contributed by atoms with Crippen LogP contribution in [0.3, 0.4) is 0 Å². The molecule has 6 heteroatoms. The fraction of sp³-hybridized carbons (Fsp3) is 0.400. The predicted octanol–water partition coefficient (Wildman–Crippen LogP) is 7.32. The van der Waals surface area contributed by atoms with Crippen LogP contribution in [0.1, 0.15) is 43.7 Å². The summed E-state index contributed by atoms with van der Waals surface area (Å²) >= 11 is 18.3. The number of halogens is 4. The molecule has 0 heterocycles. The molecule has 0 aromatic heterocycles. The monoisotopic (exact) mass is 435 g/mol. The first kappa shape index (κ1) is 23.4. The van der Waals surface area contributed by atoms with Crippen molar-refractivity contribution in [1.29, 1.82) is 0 Å². The van der Waals surface area contributed by atoms with Crippen molar-refractivity contribution < 1.29 is 4.74 Å². The van der Waals surface area contributed by atoms with Crippen LogP contribution in [0.25, 0.3) is 0 Å². The number of hydrogen-bond donors (Lipinski definition) is 1. The highest BCUT2D eigenvalue weighted by Crippen LogP contribution is 2.26. The second-order valence-electron chi connectivity index (χ2n) is 6.01. The highest BCUT2D eigenvalue weighted by molar-refractivity contribution is 6.35. The van der Waals surface area contributed by atoms with Gasteiger partial charge in [0.05, 0.1) is 0 Å². The highest BCUT2D eigenvalue weighted by Gasteiger charge is 2.07. The standard InChI is InChI=1S/C20H24Cl3NO.ClH/c1-2-3-4-5-10-24-13-16-11-17(21)8-9-20(16)25-14-15-6-7-18(22)12-19(15)23;/h6-9,11-12,24H,2-5,10,13-14H2,1H3;1H. The molecule has 0 atom stereocenters. The Morgan fingerprint density at radius 2 is 1.62 bits per heavy atom. The van der Waals surface area contributed by atoms with Crippen molar-refractivity contribution >= 4 is 47.2 Å². The normalized spacial score (nSPS) is 10.5. The second-order valence-corrected chi connectivity index (χ2v) is 7.29. The molecule has 0 saturated carbocycles. The van der Waals surface area contributed by atoms with E-state index in [2.05, 4.69) is 12.2 Å². The number of rotatable bonds is 10. The minimum atomic E-state index is 0. The lowest BCUT2D eigenvalue weighted by atomic mass is 10.1. The lowest BCUT2D eigenvalue weighted by molar-refractivity contribution is 0.302. The van der Waals surface area contributed by atoms with Crippen LogP contribution in [0.5, 0.6) is 5.75 Å². The fourth-order valence-corrected chi connectivity index (χ4v) is 3.18. The van der Waals surface area contributed by atoms with Crippen LogP contribution < -0.4 is 10.1 Å². The molecule has 0 fully saturated rings. The second kappa shape index (κ2) is 12.7. The summed E-state index contributed by atoms with van der Waals surface area (Å²) in [5, 5.41) is 5.40. The number of benzene rings is 2. The van der Waals surface area contributed by atoms with E-state index in [0.717, 1.165) is 30.0 Å². The van der Waals surface area contributed by atoms with Gasteiger partial charge < -0.3 is 10.1 Å². The van der Waals surface area contributed by atoms with Crippen LogP contribution in [0, 0.1) is 0 Å². The topological polar surface area (TPSA) is 21.3 Å². The van der Waals surface area contributed by atoms with Gasteiger partial charge in [0, 0.05) is 32.7 Å². The van der Waals surface area contributed by atoms with Gasteiger partial charge in [-0.2, -0.15) is 0 Å². The summed E-state index contributed by atoms with van der Waals surface area (Å²) in [5.41, 5.74) is 1.95. The van der Waals surface area contributed by atoms with Crippen LogP contribution in [0.15, 0.2) is 36.4 Å². The molecule has 2 rings (SSSR count). The van der Waals surface area contributed by atoms with Gasteiger partial charge in [-0.25, -0.2) is 0 Å². The van der Waals surface area contributed by atoms with Gasteiger partial charge >= 0.3 is 0 Å². The maximum absolute atomic E-state index is 6.21. The van der Waals surface area contributed by atoms with Gasteiger partial charge in [-0.3, -0.25) is 0 Å². The minimum absolute atomic E-state index is 0. The van der Waals surface area contributed by atoms with Gasteiger partial charge in [-0.1, -0.05) is 67.1 Å². The summed E-state index contributed by atoms with van der Waals surface area (Å²) in [6.07, 6.45) is 4.98. The first-order chi connectivity index (χ1) is 12.1. The Kier molecular flexibility index (Phi) is 11.4. The molecule has 0 aliphatic heterocycles. The van der Waals surface area contributed by atoms with Crippen molar-refractivity contribution in [2.24, 2.45) is 0 Å². The van der Waals surface area contributed by atoms with E-state index in [1.54, 1.807) is 6.07 Å². The number of unbranched alkanes of at least 4 members (excludes halogenated alkanes) is 3. The summed E-state index contributed by atoms with van der Waals surface area (Å²) in [6, 6.07) is 11.1. The Morgan fingerprint density at radius 3 is 2.35 bits per heavy atom. The summed E-state index contributed by atoms with van der Waals surface area (Å²) in [7, 11) is 0. The van der Waals surface area contributed by atoms with E-state index in [0.29, 0.717) is 21.7 Å². The highest BCUT2D eigenvalue weighted by atomic mass is 35.5. The molecule has 0 radical (unpaired) electrons. The third-order valence-corrected chi connectivity index (χ3v) is 4.77. The van der Waals surface area contributed by atoms with E-state index in [4.69, 9.17) is 39.5 Å². The zero-order chi connectivity index (χ0) is 18.1. The molecule has 0 aliphatic carbocycles. The first-order valence-corrected chi connectivity index (χ1v) is 9.79. The Morgan fingerprint density at radius 1 is 0.885 bits per heavy atom. The van der Waals surface area contributed by atoms with Crippen molar-refractivity contribution in [2.75, 3.05) is 6.54 Å². The zero-order valence-corrected chi connectivity index (χ0v) is 17.9. The molecular weight excluding hydrogens is 412 g/mol. The largest absolute Gasteiger partial charge is 0.489 e. The van der Waals surface area contributed by atoms with Gasteiger partial charge in [0.1, 0.15) is 12.4 Å². The summed E-state index contributed by atoms with van der Waals surface area (Å²) in [4.78, 5) is 0. The zero-order valence-electron chi connectivity index (χ0n) is 14.9. The number of hydrogen-bond acceptors (Lipinski definition) is 2. The molecule has 0 saturated heterocycles. The molecule has 0 amide bonds. The van der Waals surface area contributed by atoms with Crippen LogP contribution in [0.4, 0.5) is 0 Å². The van der Waals surface area contributed by atoms with Crippen LogP contribution >= 0.6 is 47.2 Å². The Labute approximate surface area is 177 Å². The first-order valence-electron chi connectivity index (χ1n) is 8.66. The maximum atomic E-state index is 6.21. The van der Waals surface area contributed by atoms with Crippen LogP contribution in [0.2, 0.25) is 15.1 Å². The molecule has 0 spiro atoms. The molecular formula is C20H25Cl4NO. The van der Waals surface area contributed by atoms with Crippen molar-refractivity contribution in [3.05, 3.63) is 62.6 Å². The summed E-state index contributed by atoms with van der Waals surface area (Å²) < 4.78 is 5.97. The number of nitrogens with one attached hydrogen (secondary N) is 1. The molecule has 144 valence electrons. The van der Waals surface area contributed by atoms with E-state index < -0.39 is 0 Å². The SMILES string of the molecule is CCCCCCNCc1cc(Cl)ccc1OCc1ccc(Cl)cc1Cl.Cl. The summed E-state index contributed by atoms with van der Waals surface area (Å²) in [5.74, 6) is 0.816. The Bertz CT molecular complexity index is 679. The maximum Gasteiger partial charge on any atom is 0.124 e. The summed E-state index contributed by atoms with van der Waals surface area (Å²) in [6.45, 7) is 4.34. The van der Waals surface area contributed by atoms with Gasteiger partial charge in [-0.05, 0) is 43.3 Å². The Hall–Kier alpha value is -0.640. The third-order valence-electron chi connectivity index (χ3n) is 3.94. The average Bonchev–Trinajstić information content (AvgIpc) is 2.58. The smallest absolute Gasteiger partial charge is 0.124 e. The molecule has 2 nitrogen and oxygen atoms in total. The lowest BCUT2D eigenvalue weighted by Gasteiger charge is -2.14. The van der Waals surface area contributed by atoms with Crippen molar-refractivity contribution in [2.45, 2.75) is 45.8 Å². The molecule has 26 heavy (non-hydrogen) atoms. The van der Waals surface area contributed by atoms with Gasteiger partial charge in [0.25, 0.3) is 0 Å². The van der Waals surface area contributed by atoms with Gasteiger partial charge in [0.2, 0.25) is 0 Å². The fourth-order valence-electron chi connectivity index (χ4n) is 2.52. The molecule has 0 bridgehead atoms. The molecule has 0 aliphatic rings. The predicted molar refractivity (Wildman–Crippen MR) is 115 cm³/mol. The van der Waals surface area contributed by atoms with Gasteiger partial charge in [-0.15, -0.1) is 12.4 Å². The van der Waals surface area contributed by atoms with Crippen LogP contribution in [-0.4, -0.2) is 6.54 Å². The molecule has 2 aromatic rings. The van der Waals surface area contributed by atoms with E-state index in [1.165, 1.54) is 25.7 Å². The average molecular weight is 437 g/mol. The quantitative estimate of drug-likeness (QED) is 0.394. The molecule has 2 aromatic carbocycles. The van der Waals surface area contributed by atoms with Crippen molar-refractivity contribution in [3.63, 3.8) is 0 Å². The van der Waals surface area contributed by atoms with Crippen LogP contribution in [-0.2, 0) is 13.2 Å². The molecule has 1 N–H and O–H groups in total. The van der Waals surface area contributed by atoms with E-state index in [1.807, 2.05) is 30.3 Å². The van der Waals surface area contributed by atoms with Crippen molar-refractivity contribution in [3.8, 4) is 5.75 Å². The van der Waals surface area contributed by atoms with Crippen molar-refractivity contribution in [1.82, 2.24) is 5.32 Å². The van der Waals surface area contributed by atoms with E-state index in [9.17, 15) is 0 Å². The van der Waals surface area contributed by atoms with Gasteiger partial charge in [0.15, 0.2) is 0 Å². The van der Waals surface area contributed by atoms with E-state index in [-0.39, 0.29) is 12.4 Å². The lowest BCUT2D eigenvalue weighted by Crippen LogP contribution is -2.15. The Balaban J connectivity index is 0.00000338. The third kappa shape index (κ3) is 7.94. The molecule has 0 unspecified atom stereocenters. The van der Waals surface area contributed by atoms with E-state index >= 15 is 0 Å². The minimum Gasteiger partial charge on any atom is -0.489 e. The number of ether oxygens (including phenoxy) is 1.